The molecular formula is C15H22O2. The first-order chi connectivity index (χ1) is 8.15. The van der Waals surface area contributed by atoms with Crippen LogP contribution in [0.3, 0.4) is 0 Å². The molecule has 1 aromatic rings. The van der Waals surface area contributed by atoms with Crippen molar-refractivity contribution >= 4 is 0 Å². The van der Waals surface area contributed by atoms with Crippen molar-refractivity contribution in [3.8, 4) is 5.75 Å². The molecular weight excluding hydrogens is 212 g/mol. The second-order valence-corrected chi connectivity index (χ2v) is 4.95. The third kappa shape index (κ3) is 2.81. The Kier molecular flexibility index (Phi) is 3.72. The molecule has 2 nitrogen and oxygen atoms in total. The Labute approximate surface area is 104 Å². The van der Waals surface area contributed by atoms with Crippen molar-refractivity contribution in [3.63, 3.8) is 0 Å². The van der Waals surface area contributed by atoms with E-state index in [4.69, 9.17) is 9.47 Å². The van der Waals surface area contributed by atoms with Gasteiger partial charge in [-0.15, -0.1) is 0 Å². The van der Waals surface area contributed by atoms with Crippen LogP contribution in [0.15, 0.2) is 18.2 Å². The van der Waals surface area contributed by atoms with Crippen LogP contribution < -0.4 is 4.74 Å². The average molecular weight is 234 g/mol. The highest BCUT2D eigenvalue weighted by Crippen LogP contribution is 2.36. The molecule has 0 aliphatic carbocycles. The monoisotopic (exact) mass is 234 g/mol. The van der Waals surface area contributed by atoms with Gasteiger partial charge in [0.1, 0.15) is 5.75 Å². The van der Waals surface area contributed by atoms with Crippen LogP contribution in [-0.4, -0.2) is 19.3 Å². The molecule has 0 radical (unpaired) electrons. The summed E-state index contributed by atoms with van der Waals surface area (Å²) in [5.41, 5.74) is 2.69. The molecule has 94 valence electrons. The molecule has 1 aliphatic heterocycles. The van der Waals surface area contributed by atoms with Gasteiger partial charge in [0.2, 0.25) is 0 Å². The molecule has 0 amide bonds. The largest absolute Gasteiger partial charge is 0.496 e. The Morgan fingerprint density at radius 1 is 1.41 bits per heavy atom. The van der Waals surface area contributed by atoms with E-state index in [0.717, 1.165) is 18.6 Å². The molecule has 0 saturated carbocycles. The first-order valence-corrected chi connectivity index (χ1v) is 6.48. The number of aryl methyl sites for hydroxylation is 1. The fourth-order valence-corrected chi connectivity index (χ4v) is 2.34. The Morgan fingerprint density at radius 3 is 2.65 bits per heavy atom. The van der Waals surface area contributed by atoms with Crippen molar-refractivity contribution in [2.24, 2.45) is 0 Å². The molecule has 2 heteroatoms. The van der Waals surface area contributed by atoms with Gasteiger partial charge in [0.15, 0.2) is 0 Å². The molecule has 3 unspecified atom stereocenters. The predicted octanol–water partition coefficient (Wildman–Crippen LogP) is 3.54. The van der Waals surface area contributed by atoms with Gasteiger partial charge in [-0.25, -0.2) is 0 Å². The van der Waals surface area contributed by atoms with E-state index < -0.39 is 0 Å². The number of epoxide rings is 1. The molecule has 17 heavy (non-hydrogen) atoms. The molecule has 1 aromatic carbocycles. The average Bonchev–Trinajstić information content (AvgIpc) is 3.03. The van der Waals surface area contributed by atoms with Gasteiger partial charge in [0, 0.05) is 0 Å². The number of ether oxygens (including phenoxy) is 2. The molecule has 0 bridgehead atoms. The minimum absolute atomic E-state index is 0.442. The maximum atomic E-state index is 5.50. The summed E-state index contributed by atoms with van der Waals surface area (Å²) in [5.74, 6) is 1.49. The van der Waals surface area contributed by atoms with Crippen molar-refractivity contribution in [1.82, 2.24) is 0 Å². The van der Waals surface area contributed by atoms with E-state index in [0.29, 0.717) is 18.1 Å². The lowest BCUT2D eigenvalue weighted by molar-refractivity contribution is 0.358. The highest BCUT2D eigenvalue weighted by atomic mass is 16.6. The summed E-state index contributed by atoms with van der Waals surface area (Å²) < 4.78 is 11.0. The summed E-state index contributed by atoms with van der Waals surface area (Å²) in [6.07, 6.45) is 3.04. The molecule has 1 aliphatic rings. The molecule has 3 atom stereocenters. The van der Waals surface area contributed by atoms with Crippen LogP contribution in [-0.2, 0) is 11.2 Å². The maximum absolute atomic E-state index is 5.50. The smallest absolute Gasteiger partial charge is 0.122 e. The van der Waals surface area contributed by atoms with E-state index in [-0.39, 0.29) is 0 Å². The first-order valence-electron chi connectivity index (χ1n) is 6.48. The van der Waals surface area contributed by atoms with Crippen molar-refractivity contribution in [1.29, 1.82) is 0 Å². The summed E-state index contributed by atoms with van der Waals surface area (Å²) in [5, 5.41) is 0. The fraction of sp³-hybridized carbons (Fsp3) is 0.600. The first kappa shape index (κ1) is 12.4. The van der Waals surface area contributed by atoms with Crippen molar-refractivity contribution in [2.75, 3.05) is 7.11 Å². The zero-order valence-electron chi connectivity index (χ0n) is 11.2. The van der Waals surface area contributed by atoms with Gasteiger partial charge in [0.05, 0.1) is 19.3 Å². The number of hydrogen-bond donors (Lipinski definition) is 0. The maximum Gasteiger partial charge on any atom is 0.122 e. The number of benzene rings is 1. The van der Waals surface area contributed by atoms with Crippen LogP contribution >= 0.6 is 0 Å². The molecule has 2 rings (SSSR count). The second kappa shape index (κ2) is 5.09. The number of rotatable bonds is 5. The highest BCUT2D eigenvalue weighted by Gasteiger charge is 2.35. The summed E-state index contributed by atoms with van der Waals surface area (Å²) in [6.45, 7) is 6.57. The Morgan fingerprint density at radius 2 is 2.12 bits per heavy atom. The van der Waals surface area contributed by atoms with Crippen molar-refractivity contribution < 1.29 is 9.47 Å². The molecule has 1 fully saturated rings. The van der Waals surface area contributed by atoms with Gasteiger partial charge in [-0.3, -0.25) is 0 Å². The van der Waals surface area contributed by atoms with Crippen LogP contribution in [0.2, 0.25) is 0 Å². The lowest BCUT2D eigenvalue weighted by Gasteiger charge is -2.16. The van der Waals surface area contributed by atoms with Crippen LogP contribution in [0.1, 0.15) is 44.2 Å². The van der Waals surface area contributed by atoms with Gasteiger partial charge in [-0.2, -0.15) is 0 Å². The third-order valence-electron chi connectivity index (χ3n) is 3.66. The van der Waals surface area contributed by atoms with Crippen LogP contribution in [0, 0.1) is 0 Å². The van der Waals surface area contributed by atoms with Crippen LogP contribution in [0.25, 0.3) is 0 Å². The number of methoxy groups -OCH3 is 1. The Bertz CT molecular complexity index is 387. The van der Waals surface area contributed by atoms with Gasteiger partial charge >= 0.3 is 0 Å². The lowest BCUT2D eigenvalue weighted by Crippen LogP contribution is -2.03. The number of hydrogen-bond acceptors (Lipinski definition) is 2. The van der Waals surface area contributed by atoms with E-state index in [2.05, 4.69) is 39.0 Å². The van der Waals surface area contributed by atoms with Crippen molar-refractivity contribution in [3.05, 3.63) is 29.3 Å². The minimum atomic E-state index is 0.442. The summed E-state index contributed by atoms with van der Waals surface area (Å²) in [6, 6.07) is 6.50. The minimum Gasteiger partial charge on any atom is -0.496 e. The zero-order chi connectivity index (χ0) is 12.4. The van der Waals surface area contributed by atoms with Gasteiger partial charge in [-0.1, -0.05) is 26.0 Å². The van der Waals surface area contributed by atoms with E-state index in [1.54, 1.807) is 7.11 Å². The van der Waals surface area contributed by atoms with E-state index in [1.165, 1.54) is 11.1 Å². The lowest BCUT2D eigenvalue weighted by atomic mass is 9.92. The van der Waals surface area contributed by atoms with Crippen LogP contribution in [0.5, 0.6) is 5.75 Å². The standard InChI is InChI=1S/C15H22O2/c1-5-12-6-7-14(16-4)13(9-12)10(2)8-15-11(3)17-15/h6-7,9-11,15H,5,8H2,1-4H3. The molecule has 0 N–H and O–H groups in total. The van der Waals surface area contributed by atoms with Crippen molar-refractivity contribution in [2.45, 2.75) is 51.7 Å². The van der Waals surface area contributed by atoms with E-state index in [9.17, 15) is 0 Å². The quantitative estimate of drug-likeness (QED) is 0.727. The van der Waals surface area contributed by atoms with Gasteiger partial charge in [0.25, 0.3) is 0 Å². The SMILES string of the molecule is CCc1ccc(OC)c(C(C)CC2OC2C)c1. The molecule has 0 aromatic heterocycles. The third-order valence-corrected chi connectivity index (χ3v) is 3.66. The Hall–Kier alpha value is -1.02. The normalized spacial score (nSPS) is 24.5. The summed E-state index contributed by atoms with van der Waals surface area (Å²) >= 11 is 0. The molecule has 1 heterocycles. The highest BCUT2D eigenvalue weighted by molar-refractivity contribution is 5.39. The van der Waals surface area contributed by atoms with Crippen LogP contribution in [0.4, 0.5) is 0 Å². The zero-order valence-corrected chi connectivity index (χ0v) is 11.2. The predicted molar refractivity (Wildman–Crippen MR) is 69.7 cm³/mol. The second-order valence-electron chi connectivity index (χ2n) is 4.95. The fourth-order valence-electron chi connectivity index (χ4n) is 2.34. The summed E-state index contributed by atoms with van der Waals surface area (Å²) in [4.78, 5) is 0. The molecule has 1 saturated heterocycles. The summed E-state index contributed by atoms with van der Waals surface area (Å²) in [7, 11) is 1.74. The van der Waals surface area contributed by atoms with Gasteiger partial charge < -0.3 is 9.47 Å². The Balaban J connectivity index is 2.15. The van der Waals surface area contributed by atoms with E-state index in [1.807, 2.05) is 0 Å². The van der Waals surface area contributed by atoms with Gasteiger partial charge in [-0.05, 0) is 42.9 Å². The molecule has 0 spiro atoms. The van der Waals surface area contributed by atoms with E-state index >= 15 is 0 Å². The topological polar surface area (TPSA) is 21.8 Å².